The van der Waals surface area contributed by atoms with Crippen LogP contribution < -0.4 is 5.32 Å². The summed E-state index contributed by atoms with van der Waals surface area (Å²) in [5.74, 6) is 3.05. The summed E-state index contributed by atoms with van der Waals surface area (Å²) in [5, 5.41) is 3.48. The molecule has 2 aliphatic carbocycles. The Kier molecular flexibility index (Phi) is 2.32. The topological polar surface area (TPSA) is 25.2 Å². The fourth-order valence-electron chi connectivity index (χ4n) is 3.26. The SMILES string of the molecule is CNC(Cc1ccoc1)C1CC2CC2C1. The molecule has 3 rings (SSSR count). The van der Waals surface area contributed by atoms with Gasteiger partial charge in [0.25, 0.3) is 0 Å². The van der Waals surface area contributed by atoms with Crippen LogP contribution in [0.2, 0.25) is 0 Å². The van der Waals surface area contributed by atoms with Gasteiger partial charge in [0, 0.05) is 6.04 Å². The van der Waals surface area contributed by atoms with Crippen molar-refractivity contribution in [3.63, 3.8) is 0 Å². The van der Waals surface area contributed by atoms with E-state index in [1.54, 1.807) is 6.26 Å². The first-order valence-electron chi connectivity index (χ1n) is 6.05. The average molecular weight is 205 g/mol. The van der Waals surface area contributed by atoms with E-state index in [1.807, 2.05) is 6.26 Å². The molecule has 0 saturated heterocycles. The predicted octanol–water partition coefficient (Wildman–Crippen LogP) is 2.46. The van der Waals surface area contributed by atoms with Crippen LogP contribution in [-0.2, 0) is 6.42 Å². The zero-order valence-electron chi connectivity index (χ0n) is 9.28. The molecule has 0 amide bonds. The minimum atomic E-state index is 0.649. The minimum absolute atomic E-state index is 0.649. The summed E-state index contributed by atoms with van der Waals surface area (Å²) in [6.45, 7) is 0. The highest BCUT2D eigenvalue weighted by Crippen LogP contribution is 2.55. The molecule has 2 aliphatic rings. The van der Waals surface area contributed by atoms with Gasteiger partial charge in [-0.05, 0) is 62.1 Å². The van der Waals surface area contributed by atoms with Gasteiger partial charge in [-0.25, -0.2) is 0 Å². The van der Waals surface area contributed by atoms with Crippen LogP contribution in [0.1, 0.15) is 24.8 Å². The van der Waals surface area contributed by atoms with Crippen molar-refractivity contribution in [2.75, 3.05) is 7.05 Å². The summed E-state index contributed by atoms with van der Waals surface area (Å²) in [5.41, 5.74) is 1.33. The summed E-state index contributed by atoms with van der Waals surface area (Å²) < 4.78 is 5.12. The number of rotatable bonds is 4. The molecule has 0 radical (unpaired) electrons. The third-order valence-corrected chi connectivity index (χ3v) is 4.26. The maximum absolute atomic E-state index is 5.12. The quantitative estimate of drug-likeness (QED) is 0.816. The van der Waals surface area contributed by atoms with Gasteiger partial charge in [0.1, 0.15) is 0 Å². The first kappa shape index (κ1) is 9.46. The first-order valence-corrected chi connectivity index (χ1v) is 6.05. The molecule has 3 atom stereocenters. The molecule has 1 aromatic heterocycles. The van der Waals surface area contributed by atoms with E-state index in [1.165, 1.54) is 24.8 Å². The van der Waals surface area contributed by atoms with Crippen molar-refractivity contribution in [3.8, 4) is 0 Å². The lowest BCUT2D eigenvalue weighted by Gasteiger charge is -2.23. The molecule has 1 N–H and O–H groups in total. The molecule has 15 heavy (non-hydrogen) atoms. The number of furan rings is 1. The molecule has 0 aromatic carbocycles. The van der Waals surface area contributed by atoms with Gasteiger partial charge >= 0.3 is 0 Å². The number of hydrogen-bond acceptors (Lipinski definition) is 2. The Hall–Kier alpha value is -0.760. The standard InChI is InChI=1S/C13H19NO/c1-14-13(4-9-2-3-15-8-9)12-6-10-5-11(10)7-12/h2-3,8,10-14H,4-7H2,1H3. The zero-order valence-corrected chi connectivity index (χ0v) is 9.28. The van der Waals surface area contributed by atoms with Gasteiger partial charge in [0.2, 0.25) is 0 Å². The highest BCUT2D eigenvalue weighted by molar-refractivity contribution is 5.09. The van der Waals surface area contributed by atoms with Gasteiger partial charge in [-0.3, -0.25) is 0 Å². The van der Waals surface area contributed by atoms with Crippen molar-refractivity contribution in [1.82, 2.24) is 5.32 Å². The molecule has 82 valence electrons. The van der Waals surface area contributed by atoms with E-state index in [0.717, 1.165) is 24.2 Å². The van der Waals surface area contributed by atoms with Gasteiger partial charge in [-0.1, -0.05) is 0 Å². The number of likely N-dealkylation sites (N-methyl/N-ethyl adjacent to an activating group) is 1. The summed E-state index contributed by atoms with van der Waals surface area (Å²) in [6, 6.07) is 2.73. The van der Waals surface area contributed by atoms with E-state index < -0.39 is 0 Å². The van der Waals surface area contributed by atoms with E-state index in [-0.39, 0.29) is 0 Å². The van der Waals surface area contributed by atoms with Crippen molar-refractivity contribution >= 4 is 0 Å². The van der Waals surface area contributed by atoms with Crippen molar-refractivity contribution in [3.05, 3.63) is 24.2 Å². The normalized spacial score (nSPS) is 35.1. The maximum atomic E-state index is 5.12. The number of nitrogens with one attached hydrogen (secondary N) is 1. The summed E-state index contributed by atoms with van der Waals surface area (Å²) >= 11 is 0. The summed E-state index contributed by atoms with van der Waals surface area (Å²) in [4.78, 5) is 0. The molecule has 1 heterocycles. The Balaban J connectivity index is 1.61. The first-order chi connectivity index (χ1) is 7.36. The molecule has 2 saturated carbocycles. The maximum Gasteiger partial charge on any atom is 0.0935 e. The second-order valence-electron chi connectivity index (χ2n) is 5.22. The van der Waals surface area contributed by atoms with E-state index in [0.29, 0.717) is 6.04 Å². The number of fused-ring (bicyclic) bond motifs is 1. The summed E-state index contributed by atoms with van der Waals surface area (Å²) in [6.07, 6.45) is 9.19. The molecular formula is C13H19NO. The fraction of sp³-hybridized carbons (Fsp3) is 0.692. The Morgan fingerprint density at radius 1 is 1.40 bits per heavy atom. The van der Waals surface area contributed by atoms with E-state index in [9.17, 15) is 0 Å². The number of hydrogen-bond donors (Lipinski definition) is 1. The Morgan fingerprint density at radius 2 is 2.20 bits per heavy atom. The van der Waals surface area contributed by atoms with E-state index in [4.69, 9.17) is 4.42 Å². The van der Waals surface area contributed by atoms with Crippen molar-refractivity contribution < 1.29 is 4.42 Å². The highest BCUT2D eigenvalue weighted by atomic mass is 16.3. The monoisotopic (exact) mass is 205 g/mol. The zero-order chi connectivity index (χ0) is 10.3. The lowest BCUT2D eigenvalue weighted by Crippen LogP contribution is -2.34. The largest absolute Gasteiger partial charge is 0.472 e. The van der Waals surface area contributed by atoms with Crippen LogP contribution in [0.15, 0.2) is 23.0 Å². The van der Waals surface area contributed by atoms with Crippen LogP contribution in [0, 0.1) is 17.8 Å². The Labute approximate surface area is 91.0 Å². The molecule has 0 spiro atoms. The van der Waals surface area contributed by atoms with Crippen molar-refractivity contribution in [2.45, 2.75) is 31.7 Å². The van der Waals surface area contributed by atoms with Gasteiger partial charge in [0.15, 0.2) is 0 Å². The van der Waals surface area contributed by atoms with E-state index in [2.05, 4.69) is 18.4 Å². The van der Waals surface area contributed by atoms with Gasteiger partial charge in [-0.15, -0.1) is 0 Å². The third-order valence-electron chi connectivity index (χ3n) is 4.26. The molecule has 0 bridgehead atoms. The average Bonchev–Trinajstić information content (AvgIpc) is 2.73. The van der Waals surface area contributed by atoms with E-state index >= 15 is 0 Å². The van der Waals surface area contributed by atoms with Crippen LogP contribution in [-0.4, -0.2) is 13.1 Å². The van der Waals surface area contributed by atoms with Crippen LogP contribution >= 0.6 is 0 Å². The van der Waals surface area contributed by atoms with Crippen LogP contribution in [0.25, 0.3) is 0 Å². The summed E-state index contributed by atoms with van der Waals surface area (Å²) in [7, 11) is 2.09. The molecule has 2 nitrogen and oxygen atoms in total. The molecule has 2 heteroatoms. The van der Waals surface area contributed by atoms with Crippen LogP contribution in [0.3, 0.4) is 0 Å². The van der Waals surface area contributed by atoms with Gasteiger partial charge in [-0.2, -0.15) is 0 Å². The van der Waals surface area contributed by atoms with Crippen molar-refractivity contribution in [1.29, 1.82) is 0 Å². The molecule has 2 fully saturated rings. The minimum Gasteiger partial charge on any atom is -0.472 e. The van der Waals surface area contributed by atoms with Crippen molar-refractivity contribution in [2.24, 2.45) is 17.8 Å². The van der Waals surface area contributed by atoms with Gasteiger partial charge in [0.05, 0.1) is 12.5 Å². The van der Waals surface area contributed by atoms with Crippen LogP contribution in [0.4, 0.5) is 0 Å². The molecule has 1 aromatic rings. The second kappa shape index (κ2) is 3.67. The lowest BCUT2D eigenvalue weighted by atomic mass is 9.90. The fourth-order valence-corrected chi connectivity index (χ4v) is 3.26. The second-order valence-corrected chi connectivity index (χ2v) is 5.22. The lowest BCUT2D eigenvalue weighted by molar-refractivity contribution is 0.348. The van der Waals surface area contributed by atoms with Gasteiger partial charge < -0.3 is 9.73 Å². The Morgan fingerprint density at radius 3 is 2.80 bits per heavy atom. The molecule has 3 unspecified atom stereocenters. The Bertz CT molecular complexity index is 309. The third kappa shape index (κ3) is 1.83. The predicted molar refractivity (Wildman–Crippen MR) is 59.6 cm³/mol. The van der Waals surface area contributed by atoms with Crippen LogP contribution in [0.5, 0.6) is 0 Å². The molecule has 0 aliphatic heterocycles. The molecular weight excluding hydrogens is 186 g/mol. The highest BCUT2D eigenvalue weighted by Gasteiger charge is 2.47. The smallest absolute Gasteiger partial charge is 0.0935 e.